The molecule has 116 valence electrons. The maximum atomic E-state index is 5.63. The van der Waals surface area contributed by atoms with Crippen LogP contribution in [0.2, 0.25) is 0 Å². The van der Waals surface area contributed by atoms with Crippen molar-refractivity contribution in [2.45, 2.75) is 60.5 Å². The topological polar surface area (TPSA) is 39.1 Å². The second kappa shape index (κ2) is 8.42. The molecule has 0 spiro atoms. The highest BCUT2D eigenvalue weighted by Gasteiger charge is 2.16. The van der Waals surface area contributed by atoms with E-state index in [1.807, 2.05) is 0 Å². The Hall–Kier alpha value is -0.870. The Morgan fingerprint density at radius 1 is 1.20 bits per heavy atom. The summed E-state index contributed by atoms with van der Waals surface area (Å²) in [5.41, 5.74) is 3.73. The standard InChI is InChI=1S/C16H31N3O/c1-7-19-15(6)16(14(5)18-19)13(4)17-9-11-20-10-8-12(2)3/h12-13,17H,7-11H2,1-6H3. The Morgan fingerprint density at radius 2 is 1.90 bits per heavy atom. The van der Waals surface area contributed by atoms with Gasteiger partial charge in [0.15, 0.2) is 0 Å². The van der Waals surface area contributed by atoms with E-state index >= 15 is 0 Å². The first-order chi connectivity index (χ1) is 9.47. The Balaban J connectivity index is 2.36. The molecule has 0 bridgehead atoms. The average Bonchev–Trinajstić information content (AvgIpc) is 2.67. The van der Waals surface area contributed by atoms with E-state index in [0.717, 1.165) is 38.4 Å². The molecule has 0 aliphatic heterocycles. The summed E-state index contributed by atoms with van der Waals surface area (Å²) in [5, 5.41) is 8.10. The molecule has 0 fully saturated rings. The fourth-order valence-corrected chi connectivity index (χ4v) is 2.52. The average molecular weight is 281 g/mol. The van der Waals surface area contributed by atoms with Gasteiger partial charge in [-0.1, -0.05) is 13.8 Å². The number of aryl methyl sites for hydroxylation is 2. The number of hydrogen-bond acceptors (Lipinski definition) is 3. The number of hydrogen-bond donors (Lipinski definition) is 1. The predicted octanol–water partition coefficient (Wildman–Crippen LogP) is 3.23. The van der Waals surface area contributed by atoms with Gasteiger partial charge >= 0.3 is 0 Å². The van der Waals surface area contributed by atoms with Crippen molar-refractivity contribution in [3.63, 3.8) is 0 Å². The van der Waals surface area contributed by atoms with Crippen molar-refractivity contribution in [2.24, 2.45) is 5.92 Å². The molecule has 1 atom stereocenters. The van der Waals surface area contributed by atoms with Crippen LogP contribution in [0.15, 0.2) is 0 Å². The lowest BCUT2D eigenvalue weighted by Crippen LogP contribution is -2.24. The first-order valence-electron chi connectivity index (χ1n) is 7.82. The molecular formula is C16H31N3O. The molecular weight excluding hydrogens is 250 g/mol. The van der Waals surface area contributed by atoms with Gasteiger partial charge in [0.05, 0.1) is 12.3 Å². The first-order valence-corrected chi connectivity index (χ1v) is 7.82. The third-order valence-electron chi connectivity index (χ3n) is 3.71. The monoisotopic (exact) mass is 281 g/mol. The lowest BCUT2D eigenvalue weighted by atomic mass is 10.1. The minimum Gasteiger partial charge on any atom is -0.380 e. The van der Waals surface area contributed by atoms with Gasteiger partial charge in [-0.3, -0.25) is 4.68 Å². The third kappa shape index (κ3) is 4.91. The van der Waals surface area contributed by atoms with Gasteiger partial charge in [-0.05, 0) is 40.0 Å². The Kier molecular flexibility index (Phi) is 7.24. The van der Waals surface area contributed by atoms with Gasteiger partial charge in [0, 0.05) is 37.0 Å². The number of nitrogens with zero attached hydrogens (tertiary/aromatic N) is 2. The van der Waals surface area contributed by atoms with Crippen LogP contribution in [-0.4, -0.2) is 29.5 Å². The second-order valence-corrected chi connectivity index (χ2v) is 5.87. The minimum absolute atomic E-state index is 0.323. The van der Waals surface area contributed by atoms with Gasteiger partial charge in [-0.15, -0.1) is 0 Å². The lowest BCUT2D eigenvalue weighted by molar-refractivity contribution is 0.123. The summed E-state index contributed by atoms with van der Waals surface area (Å²) in [6.45, 7) is 16.5. The van der Waals surface area contributed by atoms with Gasteiger partial charge in [-0.2, -0.15) is 5.10 Å². The SMILES string of the molecule is CCn1nc(C)c(C(C)NCCOCCC(C)C)c1C. The summed E-state index contributed by atoms with van der Waals surface area (Å²) in [6.07, 6.45) is 1.14. The highest BCUT2D eigenvalue weighted by atomic mass is 16.5. The van der Waals surface area contributed by atoms with Crippen LogP contribution in [0.1, 0.15) is 57.1 Å². The van der Waals surface area contributed by atoms with Crippen LogP contribution in [0.25, 0.3) is 0 Å². The number of aromatic nitrogens is 2. The third-order valence-corrected chi connectivity index (χ3v) is 3.71. The molecule has 0 saturated carbocycles. The molecule has 0 radical (unpaired) electrons. The zero-order valence-electron chi connectivity index (χ0n) is 14.0. The van der Waals surface area contributed by atoms with Gasteiger partial charge in [0.25, 0.3) is 0 Å². The van der Waals surface area contributed by atoms with Crippen molar-refractivity contribution >= 4 is 0 Å². The summed E-state index contributed by atoms with van der Waals surface area (Å²) >= 11 is 0. The molecule has 0 aliphatic carbocycles. The molecule has 1 N–H and O–H groups in total. The molecule has 0 amide bonds. The van der Waals surface area contributed by atoms with E-state index in [2.05, 4.69) is 56.6 Å². The summed E-state index contributed by atoms with van der Waals surface area (Å²) in [5.74, 6) is 0.715. The normalized spacial score (nSPS) is 13.2. The molecule has 1 aromatic heterocycles. The molecule has 1 unspecified atom stereocenters. The Bertz CT molecular complexity index is 399. The maximum Gasteiger partial charge on any atom is 0.0644 e. The smallest absolute Gasteiger partial charge is 0.0644 e. The van der Waals surface area contributed by atoms with Gasteiger partial charge in [0.2, 0.25) is 0 Å². The van der Waals surface area contributed by atoms with Crippen molar-refractivity contribution in [2.75, 3.05) is 19.8 Å². The van der Waals surface area contributed by atoms with Gasteiger partial charge in [-0.25, -0.2) is 0 Å². The van der Waals surface area contributed by atoms with E-state index in [4.69, 9.17) is 4.74 Å². The molecule has 1 heterocycles. The van der Waals surface area contributed by atoms with Gasteiger partial charge < -0.3 is 10.1 Å². The van der Waals surface area contributed by atoms with Crippen molar-refractivity contribution in [3.8, 4) is 0 Å². The summed E-state index contributed by atoms with van der Waals surface area (Å²) in [7, 11) is 0. The second-order valence-electron chi connectivity index (χ2n) is 5.87. The largest absolute Gasteiger partial charge is 0.380 e. The molecule has 0 saturated heterocycles. The quantitative estimate of drug-likeness (QED) is 0.706. The molecule has 4 nitrogen and oxygen atoms in total. The fourth-order valence-electron chi connectivity index (χ4n) is 2.52. The van der Waals surface area contributed by atoms with Crippen LogP contribution in [0.4, 0.5) is 0 Å². The van der Waals surface area contributed by atoms with Gasteiger partial charge in [0.1, 0.15) is 0 Å². The summed E-state index contributed by atoms with van der Waals surface area (Å²) in [6, 6.07) is 0.323. The molecule has 0 aliphatic rings. The van der Waals surface area contributed by atoms with Crippen LogP contribution >= 0.6 is 0 Å². The van der Waals surface area contributed by atoms with Crippen LogP contribution in [-0.2, 0) is 11.3 Å². The molecule has 20 heavy (non-hydrogen) atoms. The number of ether oxygens (including phenoxy) is 1. The van der Waals surface area contributed by atoms with Crippen molar-refractivity contribution in [1.29, 1.82) is 0 Å². The fraction of sp³-hybridized carbons (Fsp3) is 0.812. The van der Waals surface area contributed by atoms with E-state index in [0.29, 0.717) is 12.0 Å². The molecule has 4 heteroatoms. The van der Waals surface area contributed by atoms with E-state index in [-0.39, 0.29) is 0 Å². The minimum atomic E-state index is 0.323. The zero-order chi connectivity index (χ0) is 15.1. The summed E-state index contributed by atoms with van der Waals surface area (Å²) < 4.78 is 7.71. The van der Waals surface area contributed by atoms with Crippen molar-refractivity contribution in [3.05, 3.63) is 17.0 Å². The maximum absolute atomic E-state index is 5.63. The van der Waals surface area contributed by atoms with Crippen LogP contribution in [0.5, 0.6) is 0 Å². The van der Waals surface area contributed by atoms with E-state index in [9.17, 15) is 0 Å². The van der Waals surface area contributed by atoms with Crippen LogP contribution in [0.3, 0.4) is 0 Å². The summed E-state index contributed by atoms with van der Waals surface area (Å²) in [4.78, 5) is 0. The number of rotatable bonds is 9. The highest BCUT2D eigenvalue weighted by molar-refractivity contribution is 5.27. The molecule has 0 aromatic carbocycles. The van der Waals surface area contributed by atoms with Crippen LogP contribution < -0.4 is 5.32 Å². The van der Waals surface area contributed by atoms with E-state index in [1.165, 1.54) is 11.3 Å². The van der Waals surface area contributed by atoms with E-state index in [1.54, 1.807) is 0 Å². The van der Waals surface area contributed by atoms with Crippen molar-refractivity contribution < 1.29 is 4.74 Å². The first kappa shape index (κ1) is 17.2. The molecule has 1 rings (SSSR count). The van der Waals surface area contributed by atoms with E-state index < -0.39 is 0 Å². The number of nitrogens with one attached hydrogen (secondary N) is 1. The van der Waals surface area contributed by atoms with Crippen LogP contribution in [0, 0.1) is 19.8 Å². The zero-order valence-corrected chi connectivity index (χ0v) is 14.0. The highest BCUT2D eigenvalue weighted by Crippen LogP contribution is 2.20. The molecule has 1 aromatic rings. The lowest BCUT2D eigenvalue weighted by Gasteiger charge is -2.15. The Labute approximate surface area is 123 Å². The Morgan fingerprint density at radius 3 is 2.45 bits per heavy atom. The van der Waals surface area contributed by atoms with Crippen molar-refractivity contribution in [1.82, 2.24) is 15.1 Å². The predicted molar refractivity (Wildman–Crippen MR) is 84.1 cm³/mol.